The quantitative estimate of drug-likeness (QED) is 0.187. The summed E-state index contributed by atoms with van der Waals surface area (Å²) in [6, 6.07) is 11.2. The van der Waals surface area contributed by atoms with Crippen LogP contribution in [0.25, 0.3) is 16.7 Å². The lowest BCUT2D eigenvalue weighted by Crippen LogP contribution is -2.33. The Morgan fingerprint density at radius 2 is 1.94 bits per heavy atom. The van der Waals surface area contributed by atoms with Crippen molar-refractivity contribution in [2.45, 2.75) is 26.8 Å². The van der Waals surface area contributed by atoms with E-state index in [1.807, 2.05) is 0 Å². The molecule has 4 rings (SSSR count). The fraction of sp³-hybridized carbons (Fsp3) is 0.208. The van der Waals surface area contributed by atoms with Crippen LogP contribution >= 0.6 is 0 Å². The molecule has 4 aromatic rings. The van der Waals surface area contributed by atoms with Gasteiger partial charge in [0, 0.05) is 29.9 Å². The predicted octanol–water partition coefficient (Wildman–Crippen LogP) is 3.06. The Hall–Kier alpha value is -4.67. The van der Waals surface area contributed by atoms with Gasteiger partial charge in [0.25, 0.3) is 17.2 Å². The number of carbonyl (C=O) groups is 2. The van der Waals surface area contributed by atoms with Crippen molar-refractivity contribution < 1.29 is 19.2 Å². The van der Waals surface area contributed by atoms with Gasteiger partial charge in [0.2, 0.25) is 0 Å². The van der Waals surface area contributed by atoms with Crippen LogP contribution < -0.4 is 11.0 Å². The van der Waals surface area contributed by atoms with Gasteiger partial charge in [-0.3, -0.25) is 24.1 Å². The molecular formula is C24H21N5O6. The van der Waals surface area contributed by atoms with Gasteiger partial charge in [-0.1, -0.05) is 12.1 Å². The van der Waals surface area contributed by atoms with Gasteiger partial charge in [0.1, 0.15) is 16.9 Å². The molecule has 11 nitrogen and oxygen atoms in total. The summed E-state index contributed by atoms with van der Waals surface area (Å²) in [4.78, 5) is 58.5. The number of hydrogen-bond donors (Lipinski definition) is 0. The van der Waals surface area contributed by atoms with Crippen LogP contribution in [0.3, 0.4) is 0 Å². The van der Waals surface area contributed by atoms with Crippen molar-refractivity contribution >= 4 is 34.2 Å². The molecule has 178 valence electrons. The lowest BCUT2D eigenvalue weighted by molar-refractivity contribution is -0.384. The third kappa shape index (κ3) is 4.31. The van der Waals surface area contributed by atoms with Crippen LogP contribution in [-0.4, -0.2) is 37.4 Å². The van der Waals surface area contributed by atoms with E-state index in [0.717, 1.165) is 6.07 Å². The highest BCUT2D eigenvalue weighted by molar-refractivity contribution is 5.97. The first-order valence-electron chi connectivity index (χ1n) is 10.8. The number of nitrogens with zero attached hydrogens (tertiary/aromatic N) is 5. The number of rotatable bonds is 5. The molecule has 1 amide bonds. The number of nitro groups is 1. The van der Waals surface area contributed by atoms with E-state index in [1.165, 1.54) is 33.2 Å². The Kier molecular flexibility index (Phi) is 6.24. The molecule has 0 radical (unpaired) electrons. The SMILES string of the molecule is CCOC(=O)c1cc2c(=O)n3ccccc3nc2n(C(C)C)c1=NC(=O)c1cccc([N+](=O)[O-])c1. The van der Waals surface area contributed by atoms with Crippen molar-refractivity contribution in [3.8, 4) is 0 Å². The summed E-state index contributed by atoms with van der Waals surface area (Å²) in [6.07, 6.45) is 1.57. The van der Waals surface area contributed by atoms with Crippen molar-refractivity contribution in [2.75, 3.05) is 6.61 Å². The van der Waals surface area contributed by atoms with Gasteiger partial charge < -0.3 is 9.30 Å². The molecule has 3 aromatic heterocycles. The lowest BCUT2D eigenvalue weighted by atomic mass is 10.1. The van der Waals surface area contributed by atoms with E-state index < -0.39 is 22.4 Å². The summed E-state index contributed by atoms with van der Waals surface area (Å²) in [5.41, 5.74) is -0.253. The van der Waals surface area contributed by atoms with Gasteiger partial charge in [-0.15, -0.1) is 0 Å². The van der Waals surface area contributed by atoms with E-state index in [4.69, 9.17) is 4.74 Å². The Balaban J connectivity index is 2.11. The van der Waals surface area contributed by atoms with Gasteiger partial charge in [0.05, 0.1) is 16.9 Å². The van der Waals surface area contributed by atoms with Gasteiger partial charge in [0.15, 0.2) is 5.49 Å². The average Bonchev–Trinajstić information content (AvgIpc) is 2.83. The first kappa shape index (κ1) is 23.5. The molecule has 0 atom stereocenters. The van der Waals surface area contributed by atoms with Gasteiger partial charge >= 0.3 is 5.97 Å². The second-order valence-electron chi connectivity index (χ2n) is 7.87. The van der Waals surface area contributed by atoms with Crippen LogP contribution in [0.5, 0.6) is 0 Å². The number of fused-ring (bicyclic) bond motifs is 2. The molecule has 0 N–H and O–H groups in total. The molecule has 0 fully saturated rings. The van der Waals surface area contributed by atoms with Crippen LogP contribution in [0.4, 0.5) is 5.69 Å². The molecule has 3 heterocycles. The minimum atomic E-state index is -0.800. The summed E-state index contributed by atoms with van der Waals surface area (Å²) in [7, 11) is 0. The first-order valence-corrected chi connectivity index (χ1v) is 10.8. The molecule has 0 saturated carbocycles. The fourth-order valence-corrected chi connectivity index (χ4v) is 3.72. The standard InChI is InChI=1S/C24H21N5O6/c1-4-35-24(32)18-13-17-20(25-19-10-5-6-11-27(19)23(17)31)28(14(2)3)21(18)26-22(30)15-8-7-9-16(12-15)29(33)34/h5-14H,4H2,1-3H3. The third-order valence-corrected chi connectivity index (χ3v) is 5.26. The zero-order chi connectivity index (χ0) is 25.3. The maximum atomic E-state index is 13.2. The molecule has 0 unspecified atom stereocenters. The molecule has 0 aliphatic carbocycles. The molecule has 0 saturated heterocycles. The van der Waals surface area contributed by atoms with Crippen LogP contribution in [-0.2, 0) is 4.74 Å². The predicted molar refractivity (Wildman–Crippen MR) is 126 cm³/mol. The van der Waals surface area contributed by atoms with Crippen molar-refractivity contribution in [3.05, 3.63) is 91.8 Å². The minimum absolute atomic E-state index is 0.0315. The largest absolute Gasteiger partial charge is 0.462 e. The van der Waals surface area contributed by atoms with E-state index in [-0.39, 0.29) is 46.0 Å². The van der Waals surface area contributed by atoms with E-state index in [2.05, 4.69) is 9.98 Å². The molecular weight excluding hydrogens is 454 g/mol. The molecule has 1 aromatic carbocycles. The zero-order valence-corrected chi connectivity index (χ0v) is 19.2. The smallest absolute Gasteiger partial charge is 0.341 e. The number of ether oxygens (including phenoxy) is 1. The van der Waals surface area contributed by atoms with Crippen molar-refractivity contribution in [2.24, 2.45) is 4.99 Å². The minimum Gasteiger partial charge on any atom is -0.462 e. The van der Waals surface area contributed by atoms with Crippen LogP contribution in [0, 0.1) is 10.1 Å². The van der Waals surface area contributed by atoms with Crippen LogP contribution in [0.15, 0.2) is 64.5 Å². The second kappa shape index (κ2) is 9.29. The molecule has 0 bridgehead atoms. The number of aromatic nitrogens is 3. The van der Waals surface area contributed by atoms with Crippen LogP contribution in [0.2, 0.25) is 0 Å². The molecule has 35 heavy (non-hydrogen) atoms. The molecule has 11 heteroatoms. The number of non-ortho nitro benzene ring substituents is 1. The summed E-state index contributed by atoms with van der Waals surface area (Å²) in [5.74, 6) is -1.57. The number of carbonyl (C=O) groups excluding carboxylic acids is 2. The Bertz CT molecular complexity index is 1630. The summed E-state index contributed by atoms with van der Waals surface area (Å²) < 4.78 is 8.05. The van der Waals surface area contributed by atoms with Gasteiger partial charge in [-0.2, -0.15) is 4.99 Å². The lowest BCUT2D eigenvalue weighted by Gasteiger charge is -2.17. The molecule has 0 aliphatic rings. The van der Waals surface area contributed by atoms with Crippen molar-refractivity contribution in [1.82, 2.24) is 14.0 Å². The van der Waals surface area contributed by atoms with Gasteiger partial charge in [-0.05, 0) is 45.0 Å². The summed E-state index contributed by atoms with van der Waals surface area (Å²) in [6.45, 7) is 5.27. The number of amides is 1. The normalized spacial score (nSPS) is 11.8. The maximum Gasteiger partial charge on any atom is 0.341 e. The zero-order valence-electron chi connectivity index (χ0n) is 19.2. The maximum absolute atomic E-state index is 13.2. The van der Waals surface area contributed by atoms with E-state index >= 15 is 0 Å². The van der Waals surface area contributed by atoms with Crippen molar-refractivity contribution in [1.29, 1.82) is 0 Å². The highest BCUT2D eigenvalue weighted by atomic mass is 16.6. The topological polar surface area (TPSA) is 138 Å². The monoisotopic (exact) mass is 475 g/mol. The molecule has 0 aliphatic heterocycles. The Labute approximate surface area is 198 Å². The van der Waals surface area contributed by atoms with E-state index in [9.17, 15) is 24.5 Å². The highest BCUT2D eigenvalue weighted by Crippen LogP contribution is 2.17. The summed E-state index contributed by atoms with van der Waals surface area (Å²) >= 11 is 0. The number of benzene rings is 1. The van der Waals surface area contributed by atoms with Gasteiger partial charge in [-0.25, -0.2) is 9.78 Å². The van der Waals surface area contributed by atoms with Crippen molar-refractivity contribution in [3.63, 3.8) is 0 Å². The molecule has 0 spiro atoms. The summed E-state index contributed by atoms with van der Waals surface area (Å²) in [5, 5.41) is 11.3. The fourth-order valence-electron chi connectivity index (χ4n) is 3.72. The number of esters is 1. The number of hydrogen-bond acceptors (Lipinski definition) is 7. The van der Waals surface area contributed by atoms with E-state index in [1.54, 1.807) is 45.2 Å². The van der Waals surface area contributed by atoms with Crippen LogP contribution in [0.1, 0.15) is 47.5 Å². The third-order valence-electron chi connectivity index (χ3n) is 5.26. The average molecular weight is 475 g/mol. The first-order chi connectivity index (χ1) is 16.7. The Morgan fingerprint density at radius 3 is 2.63 bits per heavy atom. The number of pyridine rings is 2. The highest BCUT2D eigenvalue weighted by Gasteiger charge is 2.22. The number of nitro benzene ring substituents is 1. The second-order valence-corrected chi connectivity index (χ2v) is 7.87. The van der Waals surface area contributed by atoms with E-state index in [0.29, 0.717) is 5.65 Å². The Morgan fingerprint density at radius 1 is 1.17 bits per heavy atom.